The molecule has 0 spiro atoms. The molecule has 112 valence electrons. The normalized spacial score (nSPS) is 13.9. The SMILES string of the molecule is Cc1ccc(C(C)NC(C)c2ccc(C)c([N+](=O)[O-])c2)s1. The highest BCUT2D eigenvalue weighted by Gasteiger charge is 2.16. The monoisotopic (exact) mass is 304 g/mol. The van der Waals surface area contributed by atoms with Gasteiger partial charge in [0.2, 0.25) is 0 Å². The molecular weight excluding hydrogens is 284 g/mol. The molecule has 2 atom stereocenters. The Labute approximate surface area is 129 Å². The Hall–Kier alpha value is -1.72. The second-order valence-corrected chi connectivity index (χ2v) is 6.68. The molecule has 4 nitrogen and oxygen atoms in total. The van der Waals surface area contributed by atoms with Crippen LogP contribution in [0.2, 0.25) is 0 Å². The van der Waals surface area contributed by atoms with E-state index in [0.29, 0.717) is 5.56 Å². The van der Waals surface area contributed by atoms with E-state index in [4.69, 9.17) is 0 Å². The van der Waals surface area contributed by atoms with Gasteiger partial charge in [-0.3, -0.25) is 10.1 Å². The van der Waals surface area contributed by atoms with Crippen molar-refractivity contribution in [1.29, 1.82) is 0 Å². The smallest absolute Gasteiger partial charge is 0.272 e. The van der Waals surface area contributed by atoms with Crippen LogP contribution in [0.4, 0.5) is 5.69 Å². The molecule has 0 aliphatic rings. The van der Waals surface area contributed by atoms with Gasteiger partial charge in [0.25, 0.3) is 5.69 Å². The quantitative estimate of drug-likeness (QED) is 0.644. The summed E-state index contributed by atoms with van der Waals surface area (Å²) in [6.45, 7) is 8.00. The van der Waals surface area contributed by atoms with Gasteiger partial charge in [-0.2, -0.15) is 0 Å². The maximum atomic E-state index is 11.0. The fourth-order valence-corrected chi connectivity index (χ4v) is 3.22. The van der Waals surface area contributed by atoms with Crippen molar-refractivity contribution in [3.8, 4) is 0 Å². The first-order valence-electron chi connectivity index (χ1n) is 6.96. The Kier molecular flexibility index (Phi) is 4.75. The summed E-state index contributed by atoms with van der Waals surface area (Å²) in [5.74, 6) is 0. The third kappa shape index (κ3) is 3.68. The number of nitro groups is 1. The van der Waals surface area contributed by atoms with Crippen molar-refractivity contribution in [2.45, 2.75) is 39.8 Å². The van der Waals surface area contributed by atoms with E-state index in [9.17, 15) is 10.1 Å². The molecule has 0 saturated carbocycles. The highest BCUT2D eigenvalue weighted by molar-refractivity contribution is 7.12. The van der Waals surface area contributed by atoms with Crippen LogP contribution in [0, 0.1) is 24.0 Å². The van der Waals surface area contributed by atoms with Crippen molar-refractivity contribution in [1.82, 2.24) is 5.32 Å². The van der Waals surface area contributed by atoms with Crippen LogP contribution in [-0.4, -0.2) is 4.92 Å². The van der Waals surface area contributed by atoms with Crippen LogP contribution in [0.5, 0.6) is 0 Å². The van der Waals surface area contributed by atoms with E-state index in [1.807, 2.05) is 19.1 Å². The predicted octanol–water partition coefficient (Wildman–Crippen LogP) is 4.68. The molecule has 0 fully saturated rings. The predicted molar refractivity (Wildman–Crippen MR) is 86.9 cm³/mol. The zero-order chi connectivity index (χ0) is 15.6. The van der Waals surface area contributed by atoms with E-state index in [1.54, 1.807) is 24.3 Å². The molecule has 2 rings (SSSR count). The van der Waals surface area contributed by atoms with Crippen molar-refractivity contribution < 1.29 is 4.92 Å². The van der Waals surface area contributed by atoms with Gasteiger partial charge in [0.1, 0.15) is 0 Å². The molecule has 2 aromatic rings. The maximum absolute atomic E-state index is 11.0. The summed E-state index contributed by atoms with van der Waals surface area (Å²) in [6.07, 6.45) is 0. The van der Waals surface area contributed by atoms with Gasteiger partial charge < -0.3 is 5.32 Å². The number of thiophene rings is 1. The number of hydrogen-bond acceptors (Lipinski definition) is 4. The Morgan fingerprint density at radius 2 is 1.86 bits per heavy atom. The Bertz CT molecular complexity index is 651. The second kappa shape index (κ2) is 6.37. The third-order valence-electron chi connectivity index (χ3n) is 3.62. The highest BCUT2D eigenvalue weighted by atomic mass is 32.1. The minimum absolute atomic E-state index is 0.0571. The van der Waals surface area contributed by atoms with Gasteiger partial charge in [0.05, 0.1) is 4.92 Å². The van der Waals surface area contributed by atoms with Crippen LogP contribution < -0.4 is 5.32 Å². The van der Waals surface area contributed by atoms with Gasteiger partial charge in [-0.05, 0) is 45.4 Å². The van der Waals surface area contributed by atoms with Gasteiger partial charge in [0, 0.05) is 33.5 Å². The Morgan fingerprint density at radius 3 is 2.43 bits per heavy atom. The van der Waals surface area contributed by atoms with E-state index in [-0.39, 0.29) is 22.7 Å². The number of hydrogen-bond donors (Lipinski definition) is 1. The molecule has 0 aliphatic heterocycles. The summed E-state index contributed by atoms with van der Waals surface area (Å²) < 4.78 is 0. The number of nitro benzene ring substituents is 1. The van der Waals surface area contributed by atoms with Crippen LogP contribution in [0.3, 0.4) is 0 Å². The number of aryl methyl sites for hydroxylation is 2. The van der Waals surface area contributed by atoms with E-state index in [2.05, 4.69) is 31.3 Å². The zero-order valence-corrected chi connectivity index (χ0v) is 13.5. The fourth-order valence-electron chi connectivity index (χ4n) is 2.33. The van der Waals surface area contributed by atoms with Crippen molar-refractivity contribution in [3.05, 3.63) is 61.3 Å². The molecule has 1 N–H and O–H groups in total. The first-order chi connectivity index (χ1) is 9.88. The summed E-state index contributed by atoms with van der Waals surface area (Å²) in [6, 6.07) is 9.94. The molecule has 2 unspecified atom stereocenters. The number of rotatable bonds is 5. The van der Waals surface area contributed by atoms with Gasteiger partial charge in [-0.15, -0.1) is 11.3 Å². The van der Waals surface area contributed by atoms with Crippen LogP contribution in [-0.2, 0) is 0 Å². The van der Waals surface area contributed by atoms with Gasteiger partial charge in [-0.1, -0.05) is 12.1 Å². The van der Waals surface area contributed by atoms with Gasteiger partial charge in [0.15, 0.2) is 0 Å². The van der Waals surface area contributed by atoms with Gasteiger partial charge >= 0.3 is 0 Å². The average Bonchev–Trinajstić information content (AvgIpc) is 2.85. The summed E-state index contributed by atoms with van der Waals surface area (Å²) >= 11 is 1.77. The number of nitrogens with zero attached hydrogens (tertiary/aromatic N) is 1. The molecule has 0 radical (unpaired) electrons. The summed E-state index contributed by atoms with van der Waals surface area (Å²) in [5, 5.41) is 14.5. The van der Waals surface area contributed by atoms with E-state index < -0.39 is 0 Å². The molecule has 0 aliphatic carbocycles. The van der Waals surface area contributed by atoms with E-state index in [0.717, 1.165) is 5.56 Å². The van der Waals surface area contributed by atoms with Gasteiger partial charge in [-0.25, -0.2) is 0 Å². The molecule has 1 heterocycles. The lowest BCUT2D eigenvalue weighted by molar-refractivity contribution is -0.385. The fraction of sp³-hybridized carbons (Fsp3) is 0.375. The summed E-state index contributed by atoms with van der Waals surface area (Å²) in [5.41, 5.74) is 1.81. The summed E-state index contributed by atoms with van der Waals surface area (Å²) in [4.78, 5) is 13.3. The molecule has 0 amide bonds. The average molecular weight is 304 g/mol. The third-order valence-corrected chi connectivity index (χ3v) is 4.80. The summed E-state index contributed by atoms with van der Waals surface area (Å²) in [7, 11) is 0. The molecular formula is C16H20N2O2S. The molecule has 0 bridgehead atoms. The molecule has 1 aromatic heterocycles. The number of nitrogens with one attached hydrogen (secondary N) is 1. The highest BCUT2D eigenvalue weighted by Crippen LogP contribution is 2.27. The lowest BCUT2D eigenvalue weighted by Crippen LogP contribution is -2.21. The lowest BCUT2D eigenvalue weighted by atomic mass is 10.0. The Balaban J connectivity index is 2.15. The second-order valence-electron chi connectivity index (χ2n) is 5.36. The lowest BCUT2D eigenvalue weighted by Gasteiger charge is -2.19. The van der Waals surface area contributed by atoms with Crippen LogP contribution in [0.15, 0.2) is 30.3 Å². The van der Waals surface area contributed by atoms with Crippen LogP contribution in [0.1, 0.15) is 46.8 Å². The first kappa shape index (κ1) is 15.7. The van der Waals surface area contributed by atoms with Crippen LogP contribution in [0.25, 0.3) is 0 Å². The maximum Gasteiger partial charge on any atom is 0.272 e. The topological polar surface area (TPSA) is 55.2 Å². The van der Waals surface area contributed by atoms with E-state index in [1.165, 1.54) is 9.75 Å². The Morgan fingerprint density at radius 1 is 1.14 bits per heavy atom. The standard InChI is InChI=1S/C16H20N2O2S/c1-10-5-7-14(9-15(10)18(19)20)12(3)17-13(4)16-8-6-11(2)21-16/h5-9,12-13,17H,1-4H3. The van der Waals surface area contributed by atoms with Crippen molar-refractivity contribution in [2.75, 3.05) is 0 Å². The van der Waals surface area contributed by atoms with Crippen molar-refractivity contribution in [3.63, 3.8) is 0 Å². The first-order valence-corrected chi connectivity index (χ1v) is 7.77. The molecule has 0 saturated heterocycles. The van der Waals surface area contributed by atoms with Crippen LogP contribution >= 0.6 is 11.3 Å². The zero-order valence-electron chi connectivity index (χ0n) is 12.7. The molecule has 5 heteroatoms. The van der Waals surface area contributed by atoms with Crippen molar-refractivity contribution >= 4 is 17.0 Å². The molecule has 21 heavy (non-hydrogen) atoms. The molecule has 1 aromatic carbocycles. The van der Waals surface area contributed by atoms with Crippen molar-refractivity contribution in [2.24, 2.45) is 0 Å². The largest absolute Gasteiger partial charge is 0.303 e. The minimum Gasteiger partial charge on any atom is -0.303 e. The minimum atomic E-state index is -0.322. The van der Waals surface area contributed by atoms with E-state index >= 15 is 0 Å². The number of benzene rings is 1.